The number of fused-ring (bicyclic) bond motifs is 1. The Morgan fingerprint density at radius 2 is 0.962 bits per heavy atom. The van der Waals surface area contributed by atoms with E-state index in [0.717, 1.165) is 36.3 Å². The van der Waals surface area contributed by atoms with E-state index in [0.29, 0.717) is 57.1 Å². The van der Waals surface area contributed by atoms with E-state index in [1.54, 1.807) is 143 Å². The minimum Gasteiger partial charge on any atom is -0.508 e. The largest absolute Gasteiger partial charge is 0.508 e. The number of phenolic OH excluding ortho intramolecular Hbond substituents is 2. The van der Waals surface area contributed by atoms with Gasteiger partial charge in [-0.25, -0.2) is 0 Å². The van der Waals surface area contributed by atoms with E-state index in [4.69, 9.17) is 17.3 Å². The number of carboxylic acids is 1. The molecule has 696 valence electrons. The van der Waals surface area contributed by atoms with E-state index >= 15 is 38.4 Å². The molecule has 1 aliphatic heterocycles. The van der Waals surface area contributed by atoms with Crippen molar-refractivity contribution in [2.45, 2.75) is 172 Å². The van der Waals surface area contributed by atoms with Crippen molar-refractivity contribution in [1.82, 2.24) is 77.3 Å². The van der Waals surface area contributed by atoms with Gasteiger partial charge in [0, 0.05) is 102 Å². The van der Waals surface area contributed by atoms with Crippen molar-refractivity contribution in [3.63, 3.8) is 0 Å². The number of aromatic nitrogens is 1. The number of H-pyrrole nitrogens is 1. The van der Waals surface area contributed by atoms with Gasteiger partial charge in [-0.15, -0.1) is 11.8 Å². The van der Waals surface area contributed by atoms with Crippen LogP contribution in [0.25, 0.3) is 10.9 Å². The SMILES string of the molecule is CCCC[C@H]1C(=O)N(C)CC(=O)N[C@@H](CC(=O)O)C(=O)N[C@@H](C(C)C)C(=O)N(C)[C@@H](Cc2ccccc2)C(=O)N[C@@H](Cc2ccc(O)cc2)C(=O)N(C)CC(=O)N[C@@H](Cc2c[nH]c3ccccc23)C(=O)N[C@H](Cc2ccc(O)cc2)C(=O)N[C@@H](CC(C)C)C(=O)N[C@H](C(=O)NCC(N)=O)CSCC(=O)N[C@@H](Cc2cccc(Cl)c2)C(=O)N(C)[C@@H](Cc2ccccc2)C(=O)N1C. The number of benzene rings is 6. The number of para-hydroxylation sites is 1. The van der Waals surface area contributed by atoms with Gasteiger partial charge in [0.1, 0.15) is 78.0 Å². The topological polar surface area (TPSA) is 500 Å². The Hall–Kier alpha value is -13.4. The van der Waals surface area contributed by atoms with Crippen molar-refractivity contribution in [3.05, 3.63) is 202 Å². The fourth-order valence-corrected chi connectivity index (χ4v) is 16.1. The number of primary amides is 1. The van der Waals surface area contributed by atoms with Crippen molar-refractivity contribution in [1.29, 1.82) is 0 Å². The van der Waals surface area contributed by atoms with Crippen LogP contribution in [0.3, 0.4) is 0 Å². The van der Waals surface area contributed by atoms with Crippen LogP contribution in [0.15, 0.2) is 164 Å². The molecule has 11 atom stereocenters. The van der Waals surface area contributed by atoms with E-state index < -0.39 is 205 Å². The number of nitrogens with two attached hydrogens (primary N) is 1. The molecule has 7 aromatic rings. The highest BCUT2D eigenvalue weighted by Gasteiger charge is 2.42. The summed E-state index contributed by atoms with van der Waals surface area (Å²) in [6, 6.07) is 24.8. The molecule has 1 saturated heterocycles. The molecule has 37 heteroatoms. The molecule has 1 aromatic heterocycles. The molecule has 0 bridgehead atoms. The van der Waals surface area contributed by atoms with Crippen LogP contribution < -0.4 is 53.6 Å². The minimum atomic E-state index is -1.91. The van der Waals surface area contributed by atoms with Gasteiger partial charge in [0.2, 0.25) is 88.6 Å². The molecule has 15 amide bonds. The number of amides is 15. The van der Waals surface area contributed by atoms with Crippen LogP contribution in [-0.2, 0) is 115 Å². The van der Waals surface area contributed by atoms with E-state index in [-0.39, 0.29) is 73.8 Å². The van der Waals surface area contributed by atoms with Crippen LogP contribution >= 0.6 is 23.4 Å². The predicted octanol–water partition coefficient (Wildman–Crippen LogP) is 2.98. The number of hydrogen-bond acceptors (Lipinski definition) is 19. The van der Waals surface area contributed by atoms with Crippen molar-refractivity contribution in [2.24, 2.45) is 17.6 Å². The molecule has 1 fully saturated rings. The van der Waals surface area contributed by atoms with Crippen LogP contribution in [-0.4, -0.2) is 272 Å². The lowest BCUT2D eigenvalue weighted by Crippen LogP contribution is -2.61. The maximum Gasteiger partial charge on any atom is 0.305 e. The molecule has 35 nitrogen and oxygen atoms in total. The van der Waals surface area contributed by atoms with Gasteiger partial charge in [-0.2, -0.15) is 0 Å². The smallest absolute Gasteiger partial charge is 0.305 e. The Morgan fingerprint density at radius 3 is 1.53 bits per heavy atom. The van der Waals surface area contributed by atoms with Crippen LogP contribution in [0.5, 0.6) is 11.5 Å². The molecular weight excluding hydrogens is 1710 g/mol. The van der Waals surface area contributed by atoms with E-state index in [2.05, 4.69) is 52.8 Å². The third-order valence-electron chi connectivity index (χ3n) is 22.1. The van der Waals surface area contributed by atoms with E-state index in [1.807, 2.05) is 6.92 Å². The molecular formula is C93H117ClN16O19S. The molecule has 15 N–H and O–H groups in total. The quantitative estimate of drug-likeness (QED) is 0.0438. The molecule has 6 aromatic carbocycles. The lowest BCUT2D eigenvalue weighted by molar-refractivity contribution is -0.151. The zero-order chi connectivity index (χ0) is 95.2. The zero-order valence-corrected chi connectivity index (χ0v) is 76.0. The number of carboxylic acid groups (broad SMARTS) is 1. The van der Waals surface area contributed by atoms with E-state index in [1.165, 1.54) is 83.8 Å². The maximum absolute atomic E-state index is 15.6. The number of halogens is 1. The standard InChI is InChI=1S/C93H117ClN16O19S/c1-11-12-30-74-91(127)107(7)51-79(115)99-70(47-81(117)118)87(123)105-82(55(4)5)93(129)109(9)75(44-56-22-15-13-16-23-56)88(124)103-71(42-59-33-37-64(112)38-34-59)89(125)106(6)50-78(114)98-69(46-61-48-96-66-29-20-19-28-65(61)66)86(122)102-68(41-58-31-35-63(111)36-32-58)85(121)101-67(39-54(2)3)84(120)104-73(83(119)97-49-77(95)113)52-130-53-80(116)100-72(43-60-26-21-27-62(94)40-60)90(126)110(10)76(92(128)108(74)8)45-57-24-17-14-18-25-57/h13-29,31-38,40,48,54-55,67-76,82,96,111-112H,11-12,30,39,41-47,49-53H2,1-10H3,(H2,95,113)(H,97,119)(H,98,114)(H,99,115)(H,100,116)(H,101,121)(H,102,122)(H,103,124)(H,104,120)(H,105,123)(H,117,118)/t67-,68+,69-,70-,71-,72-,73-,74-,75-,76-,82-/m0/s1. The first-order valence-corrected chi connectivity index (χ1v) is 44.3. The number of rotatable bonds is 23. The average molecular weight is 1830 g/mol. The summed E-state index contributed by atoms with van der Waals surface area (Å²) in [7, 11) is 6.49. The maximum atomic E-state index is 15.6. The van der Waals surface area contributed by atoms with Gasteiger partial charge in [-0.05, 0) is 101 Å². The molecule has 130 heavy (non-hydrogen) atoms. The molecule has 0 unspecified atom stereocenters. The summed E-state index contributed by atoms with van der Waals surface area (Å²) >= 11 is 7.30. The lowest BCUT2D eigenvalue weighted by Gasteiger charge is -2.37. The number of thioether (sulfide) groups is 1. The highest BCUT2D eigenvalue weighted by molar-refractivity contribution is 8.00. The number of aromatic hydroxyl groups is 2. The Balaban J connectivity index is 1.22. The Kier molecular flexibility index (Phi) is 38.6. The molecule has 8 rings (SSSR count). The lowest BCUT2D eigenvalue weighted by atomic mass is 9.98. The third-order valence-corrected chi connectivity index (χ3v) is 23.4. The van der Waals surface area contributed by atoms with Crippen molar-refractivity contribution < 1.29 is 92.0 Å². The number of likely N-dealkylation sites (N-methyl/N-ethyl adjacent to an activating group) is 5. The summed E-state index contributed by atoms with van der Waals surface area (Å²) in [5.74, 6) is -17.7. The molecule has 1 aliphatic rings. The fourth-order valence-electron chi connectivity index (χ4n) is 15.0. The number of unbranched alkanes of at least 4 members (excludes halogenated alkanes) is 1. The predicted molar refractivity (Wildman–Crippen MR) is 487 cm³/mol. The number of aliphatic carboxylic acids is 1. The van der Waals surface area contributed by atoms with Gasteiger partial charge in [0.15, 0.2) is 0 Å². The minimum absolute atomic E-state index is 0.0168. The number of phenols is 2. The first kappa shape index (κ1) is 102. The van der Waals surface area contributed by atoms with Gasteiger partial charge in [0.05, 0.1) is 31.8 Å². The fraction of sp³-hybridized carbons (Fsp3) is 0.419. The zero-order valence-electron chi connectivity index (χ0n) is 74.4. The third kappa shape index (κ3) is 30.7. The number of nitrogens with zero attached hydrogens (tertiary/aromatic N) is 5. The van der Waals surface area contributed by atoms with Crippen LogP contribution in [0, 0.1) is 11.8 Å². The number of nitrogens with one attached hydrogen (secondary N) is 10. The second-order valence-electron chi connectivity index (χ2n) is 33.2. The second-order valence-corrected chi connectivity index (χ2v) is 34.7. The van der Waals surface area contributed by atoms with Gasteiger partial charge in [0.25, 0.3) is 0 Å². The van der Waals surface area contributed by atoms with E-state index in [9.17, 15) is 53.7 Å². The van der Waals surface area contributed by atoms with Gasteiger partial charge < -0.3 is 98.4 Å². The van der Waals surface area contributed by atoms with Crippen LogP contribution in [0.4, 0.5) is 0 Å². The molecule has 0 spiro atoms. The number of aromatic amines is 1. The van der Waals surface area contributed by atoms with Crippen LogP contribution in [0.2, 0.25) is 5.02 Å². The Bertz CT molecular complexity index is 5140. The summed E-state index contributed by atoms with van der Waals surface area (Å²) in [5.41, 5.74) is 8.96. The van der Waals surface area contributed by atoms with Gasteiger partial charge in [-0.3, -0.25) is 76.7 Å². The first-order valence-electron chi connectivity index (χ1n) is 42.8. The summed E-state index contributed by atoms with van der Waals surface area (Å²) < 4.78 is 0. The Labute approximate surface area is 763 Å². The van der Waals surface area contributed by atoms with Crippen LogP contribution in [0.1, 0.15) is 100 Å². The highest BCUT2D eigenvalue weighted by atomic mass is 35.5. The normalized spacial score (nSPS) is 21.8. The molecule has 0 radical (unpaired) electrons. The molecule has 0 aliphatic carbocycles. The monoisotopic (exact) mass is 1830 g/mol. The summed E-state index contributed by atoms with van der Waals surface area (Å²) in [6.07, 6.45) is -0.0829. The molecule has 0 saturated carbocycles. The second kappa shape index (κ2) is 49.2. The summed E-state index contributed by atoms with van der Waals surface area (Å²) in [5, 5.41) is 55.8. The molecule has 2 heterocycles. The number of carbonyl (C=O) groups is 16. The Morgan fingerprint density at radius 1 is 0.485 bits per heavy atom. The van der Waals surface area contributed by atoms with Crippen molar-refractivity contribution in [2.75, 3.05) is 66.4 Å². The average Bonchev–Trinajstić information content (AvgIpc) is 1.69. The highest BCUT2D eigenvalue weighted by Crippen LogP contribution is 2.25. The van der Waals surface area contributed by atoms with Gasteiger partial charge >= 0.3 is 5.97 Å². The first-order chi connectivity index (χ1) is 61.8. The summed E-state index contributed by atoms with van der Waals surface area (Å²) in [6.45, 7) is 6.12. The summed E-state index contributed by atoms with van der Waals surface area (Å²) in [4.78, 5) is 244. The number of carbonyl (C=O) groups excluding carboxylic acids is 15. The van der Waals surface area contributed by atoms with Crippen molar-refractivity contribution >= 4 is 129 Å². The number of hydrogen-bond donors (Lipinski definition) is 14. The van der Waals surface area contributed by atoms with Gasteiger partial charge in [-0.1, -0.05) is 174 Å². The van der Waals surface area contributed by atoms with Crippen molar-refractivity contribution in [3.8, 4) is 11.5 Å².